The van der Waals surface area contributed by atoms with Gasteiger partial charge in [0.05, 0.1) is 32.8 Å². The lowest BCUT2D eigenvalue weighted by Crippen LogP contribution is -2.52. The van der Waals surface area contributed by atoms with E-state index in [9.17, 15) is 14.4 Å². The summed E-state index contributed by atoms with van der Waals surface area (Å²) in [5.74, 6) is 0.445. The van der Waals surface area contributed by atoms with Gasteiger partial charge in [-0.2, -0.15) is 0 Å². The fraction of sp³-hybridized carbons (Fsp3) is 0.464. The van der Waals surface area contributed by atoms with Crippen molar-refractivity contribution in [1.82, 2.24) is 15.1 Å². The molecule has 196 valence electrons. The standard InChI is InChI=1S/C28H33N3O6/c1-4-37-28(34)30-12-10-18(11-13-30)29-26(32)24-19-7-5-6-8-20(19)27(33)31-14-9-17-15-22(35-2)23(36-3)16-21(17)25(24)31/h5-8,15-16,18,24-25H,4,9-14H2,1-3H3,(H,29,32)/t24-,25+/m0/s1. The second-order valence-electron chi connectivity index (χ2n) is 9.63. The maximum absolute atomic E-state index is 14.0. The summed E-state index contributed by atoms with van der Waals surface area (Å²) in [6, 6.07) is 10.7. The van der Waals surface area contributed by atoms with Crippen LogP contribution in [0.2, 0.25) is 0 Å². The molecule has 1 N–H and O–H groups in total. The van der Waals surface area contributed by atoms with Crippen molar-refractivity contribution in [2.45, 2.75) is 44.2 Å². The van der Waals surface area contributed by atoms with Crippen LogP contribution in [0.5, 0.6) is 11.5 Å². The monoisotopic (exact) mass is 507 g/mol. The Morgan fingerprint density at radius 3 is 2.41 bits per heavy atom. The topological polar surface area (TPSA) is 97.4 Å². The zero-order valence-corrected chi connectivity index (χ0v) is 21.5. The molecule has 5 rings (SSSR count). The van der Waals surface area contributed by atoms with Crippen LogP contribution in [0.15, 0.2) is 36.4 Å². The number of carbonyl (C=O) groups is 3. The average Bonchev–Trinajstić information content (AvgIpc) is 2.92. The third-order valence-corrected chi connectivity index (χ3v) is 7.67. The number of ether oxygens (including phenoxy) is 3. The van der Waals surface area contributed by atoms with E-state index in [-0.39, 0.29) is 23.9 Å². The van der Waals surface area contributed by atoms with E-state index in [1.54, 1.807) is 32.1 Å². The van der Waals surface area contributed by atoms with E-state index in [0.717, 1.165) is 16.7 Å². The normalized spacial score (nSPS) is 20.9. The zero-order valence-electron chi connectivity index (χ0n) is 21.5. The van der Waals surface area contributed by atoms with Crippen molar-refractivity contribution in [3.63, 3.8) is 0 Å². The minimum absolute atomic E-state index is 0.0622. The largest absolute Gasteiger partial charge is 0.493 e. The molecule has 0 bridgehead atoms. The van der Waals surface area contributed by atoms with Crippen molar-refractivity contribution < 1.29 is 28.6 Å². The van der Waals surface area contributed by atoms with E-state index in [0.29, 0.717) is 62.6 Å². The number of likely N-dealkylation sites (tertiary alicyclic amines) is 1. The number of piperidine rings is 1. The quantitative estimate of drug-likeness (QED) is 0.667. The molecule has 3 amide bonds. The summed E-state index contributed by atoms with van der Waals surface area (Å²) >= 11 is 0. The van der Waals surface area contributed by atoms with E-state index >= 15 is 0 Å². The summed E-state index contributed by atoms with van der Waals surface area (Å²) in [7, 11) is 3.18. The van der Waals surface area contributed by atoms with Crippen molar-refractivity contribution in [3.8, 4) is 11.5 Å². The minimum atomic E-state index is -0.575. The number of rotatable bonds is 5. The Kier molecular flexibility index (Phi) is 6.95. The molecule has 2 atom stereocenters. The van der Waals surface area contributed by atoms with E-state index in [1.165, 1.54) is 0 Å². The predicted octanol–water partition coefficient (Wildman–Crippen LogP) is 3.28. The molecular formula is C28H33N3O6. The summed E-state index contributed by atoms with van der Waals surface area (Å²) in [5.41, 5.74) is 3.26. The molecule has 1 fully saturated rings. The molecule has 37 heavy (non-hydrogen) atoms. The molecule has 2 aromatic carbocycles. The summed E-state index contributed by atoms with van der Waals surface area (Å²) < 4.78 is 16.2. The molecule has 3 heterocycles. The number of hydrogen-bond acceptors (Lipinski definition) is 6. The fourth-order valence-corrected chi connectivity index (χ4v) is 5.85. The highest BCUT2D eigenvalue weighted by Crippen LogP contribution is 2.48. The number of methoxy groups -OCH3 is 2. The highest BCUT2D eigenvalue weighted by atomic mass is 16.6. The van der Waals surface area contributed by atoms with Gasteiger partial charge in [0, 0.05) is 31.2 Å². The first-order chi connectivity index (χ1) is 18.0. The summed E-state index contributed by atoms with van der Waals surface area (Å²) in [6.45, 7) is 3.70. The number of benzene rings is 2. The molecular weight excluding hydrogens is 474 g/mol. The van der Waals surface area contributed by atoms with Crippen LogP contribution < -0.4 is 14.8 Å². The van der Waals surface area contributed by atoms with Crippen molar-refractivity contribution in [3.05, 3.63) is 58.7 Å². The van der Waals surface area contributed by atoms with Crippen LogP contribution in [0.25, 0.3) is 0 Å². The Bertz CT molecular complexity index is 1210. The molecule has 1 saturated heterocycles. The van der Waals surface area contributed by atoms with Gasteiger partial charge in [-0.3, -0.25) is 9.59 Å². The molecule has 0 aromatic heterocycles. The molecule has 0 spiro atoms. The maximum atomic E-state index is 14.0. The van der Waals surface area contributed by atoms with Crippen LogP contribution in [0.3, 0.4) is 0 Å². The van der Waals surface area contributed by atoms with Crippen LogP contribution in [0, 0.1) is 0 Å². The third-order valence-electron chi connectivity index (χ3n) is 7.67. The SMILES string of the molecule is CCOC(=O)N1CCC(NC(=O)[C@H]2c3ccccc3C(=O)N3CCc4cc(OC)c(OC)cc4[C@H]23)CC1. The first-order valence-corrected chi connectivity index (χ1v) is 12.8. The lowest BCUT2D eigenvalue weighted by molar-refractivity contribution is -0.125. The molecule has 2 aromatic rings. The average molecular weight is 508 g/mol. The fourth-order valence-electron chi connectivity index (χ4n) is 5.85. The van der Waals surface area contributed by atoms with Gasteiger partial charge in [0.15, 0.2) is 11.5 Å². The predicted molar refractivity (Wildman–Crippen MR) is 136 cm³/mol. The van der Waals surface area contributed by atoms with E-state index < -0.39 is 12.0 Å². The minimum Gasteiger partial charge on any atom is -0.493 e. The Morgan fingerprint density at radius 2 is 1.70 bits per heavy atom. The van der Waals surface area contributed by atoms with E-state index in [2.05, 4.69) is 5.32 Å². The highest BCUT2D eigenvalue weighted by molar-refractivity contribution is 6.01. The van der Waals surface area contributed by atoms with Gasteiger partial charge in [-0.05, 0) is 61.1 Å². The maximum Gasteiger partial charge on any atom is 0.409 e. The van der Waals surface area contributed by atoms with Gasteiger partial charge in [0.25, 0.3) is 5.91 Å². The first kappa shape index (κ1) is 24.9. The Balaban J connectivity index is 1.47. The van der Waals surface area contributed by atoms with Crippen LogP contribution in [-0.2, 0) is 16.0 Å². The smallest absolute Gasteiger partial charge is 0.409 e. The van der Waals surface area contributed by atoms with Crippen molar-refractivity contribution >= 4 is 17.9 Å². The number of nitrogens with zero attached hydrogens (tertiary/aromatic N) is 2. The molecule has 9 nitrogen and oxygen atoms in total. The van der Waals surface area contributed by atoms with Crippen molar-refractivity contribution in [2.75, 3.05) is 40.5 Å². The third kappa shape index (κ3) is 4.47. The van der Waals surface area contributed by atoms with Gasteiger partial charge in [-0.25, -0.2) is 4.79 Å². The van der Waals surface area contributed by atoms with Gasteiger partial charge in [-0.1, -0.05) is 18.2 Å². The van der Waals surface area contributed by atoms with Crippen LogP contribution >= 0.6 is 0 Å². The molecule has 3 aliphatic rings. The van der Waals surface area contributed by atoms with Crippen LogP contribution in [0.4, 0.5) is 4.79 Å². The Hall–Kier alpha value is -3.75. The Labute approximate surface area is 216 Å². The summed E-state index contributed by atoms with van der Waals surface area (Å²) in [6.07, 6.45) is 1.65. The lowest BCUT2D eigenvalue weighted by Gasteiger charge is -2.45. The number of hydrogen-bond donors (Lipinski definition) is 1. The second kappa shape index (κ2) is 10.3. The van der Waals surface area contributed by atoms with Crippen molar-refractivity contribution in [2.24, 2.45) is 0 Å². The van der Waals surface area contributed by atoms with E-state index in [1.807, 2.05) is 35.2 Å². The molecule has 9 heteroatoms. The summed E-state index contributed by atoms with van der Waals surface area (Å²) in [5, 5.41) is 3.24. The Morgan fingerprint density at radius 1 is 1.00 bits per heavy atom. The van der Waals surface area contributed by atoms with Gasteiger partial charge in [0.2, 0.25) is 5.91 Å². The zero-order chi connectivity index (χ0) is 26.1. The first-order valence-electron chi connectivity index (χ1n) is 12.8. The molecule has 3 aliphatic heterocycles. The highest BCUT2D eigenvalue weighted by Gasteiger charge is 2.47. The number of amides is 3. The molecule has 0 unspecified atom stereocenters. The number of nitrogens with one attached hydrogen (secondary N) is 1. The summed E-state index contributed by atoms with van der Waals surface area (Å²) in [4.78, 5) is 43.1. The molecule has 0 saturated carbocycles. The van der Waals surface area contributed by atoms with Gasteiger partial charge in [-0.15, -0.1) is 0 Å². The number of carbonyl (C=O) groups excluding carboxylic acids is 3. The van der Waals surface area contributed by atoms with Crippen LogP contribution in [-0.4, -0.2) is 74.2 Å². The van der Waals surface area contributed by atoms with E-state index in [4.69, 9.17) is 14.2 Å². The molecule has 0 aliphatic carbocycles. The van der Waals surface area contributed by atoms with Gasteiger partial charge < -0.3 is 29.3 Å². The van der Waals surface area contributed by atoms with Crippen LogP contribution in [0.1, 0.15) is 58.8 Å². The molecule has 0 radical (unpaired) electrons. The van der Waals surface area contributed by atoms with Gasteiger partial charge >= 0.3 is 6.09 Å². The number of fused-ring (bicyclic) bond motifs is 4. The second-order valence-corrected chi connectivity index (χ2v) is 9.63. The lowest BCUT2D eigenvalue weighted by atomic mass is 9.75. The van der Waals surface area contributed by atoms with Crippen molar-refractivity contribution in [1.29, 1.82) is 0 Å². The van der Waals surface area contributed by atoms with Gasteiger partial charge in [0.1, 0.15) is 0 Å².